The highest BCUT2D eigenvalue weighted by atomic mass is 16.5. The quantitative estimate of drug-likeness (QED) is 0.474. The molecular formula is C30H40N8O2. The van der Waals surface area contributed by atoms with E-state index in [2.05, 4.69) is 71.6 Å². The average Bonchev–Trinajstić information content (AvgIpc) is 3.59. The summed E-state index contributed by atoms with van der Waals surface area (Å²) in [5, 5.41) is 8.61. The molecule has 2 saturated heterocycles. The molecule has 40 heavy (non-hydrogen) atoms. The summed E-state index contributed by atoms with van der Waals surface area (Å²) >= 11 is 0. The Balaban J connectivity index is 1.36. The van der Waals surface area contributed by atoms with Crippen molar-refractivity contribution in [2.45, 2.75) is 57.8 Å². The van der Waals surface area contributed by atoms with Gasteiger partial charge in [-0.2, -0.15) is 15.1 Å². The number of piperazine rings is 1. The maximum absolute atomic E-state index is 12.3. The number of ether oxygens (including phenoxy) is 1. The standard InChI is InChI=1S/C30H40N8O2/c1-6-27(39)37-12-13-38(20(3)16-37)29-23-17-36(5)26(28-19(2)9-10-24-22(28)15-31-34-24)14-25(23)32-30(33-29)40-18-21-8-7-11-35(21)4/h6,9-10,15,20-21,26H,1,7-8,11-14,16-18H2,2-5H3,(H,31,34)/t20-,21-,26?/m0/s1. The van der Waals surface area contributed by atoms with Gasteiger partial charge in [-0.3, -0.25) is 14.8 Å². The number of rotatable bonds is 6. The minimum atomic E-state index is -0.0210. The number of anilines is 1. The van der Waals surface area contributed by atoms with E-state index in [0.29, 0.717) is 38.3 Å². The van der Waals surface area contributed by atoms with Gasteiger partial charge in [0.2, 0.25) is 5.91 Å². The molecule has 1 N–H and O–H groups in total. The molecule has 1 unspecified atom stereocenters. The minimum absolute atomic E-state index is 0.0210. The van der Waals surface area contributed by atoms with Crippen LogP contribution in [0.4, 0.5) is 5.82 Å². The highest BCUT2D eigenvalue weighted by Crippen LogP contribution is 2.40. The lowest BCUT2D eigenvalue weighted by molar-refractivity contribution is -0.126. The first-order valence-electron chi connectivity index (χ1n) is 14.4. The van der Waals surface area contributed by atoms with Gasteiger partial charge in [0.15, 0.2) is 0 Å². The molecule has 3 atom stereocenters. The molecule has 0 aliphatic carbocycles. The lowest BCUT2D eigenvalue weighted by Gasteiger charge is -2.42. The van der Waals surface area contributed by atoms with Gasteiger partial charge in [-0.05, 0) is 70.6 Å². The first kappa shape index (κ1) is 26.7. The fourth-order valence-corrected chi connectivity index (χ4v) is 6.70. The van der Waals surface area contributed by atoms with Crippen LogP contribution in [0, 0.1) is 6.92 Å². The summed E-state index contributed by atoms with van der Waals surface area (Å²) in [6.07, 6.45) is 6.42. The highest BCUT2D eigenvalue weighted by Gasteiger charge is 2.35. The second kappa shape index (κ2) is 10.8. The van der Waals surface area contributed by atoms with Crippen LogP contribution in [0.3, 0.4) is 0 Å². The van der Waals surface area contributed by atoms with Crippen LogP contribution in [0.15, 0.2) is 31.0 Å². The van der Waals surface area contributed by atoms with E-state index in [1.54, 1.807) is 0 Å². The van der Waals surface area contributed by atoms with Crippen LogP contribution in [0.1, 0.15) is 48.2 Å². The highest BCUT2D eigenvalue weighted by molar-refractivity contribution is 5.87. The van der Waals surface area contributed by atoms with Crippen LogP contribution in [0.25, 0.3) is 10.9 Å². The second-order valence-electron chi connectivity index (χ2n) is 11.6. The number of fused-ring (bicyclic) bond motifs is 2. The third-order valence-corrected chi connectivity index (χ3v) is 9.06. The monoisotopic (exact) mass is 544 g/mol. The molecule has 3 aromatic rings. The van der Waals surface area contributed by atoms with E-state index in [1.165, 1.54) is 23.6 Å². The molecule has 3 aliphatic heterocycles. The first-order valence-corrected chi connectivity index (χ1v) is 14.4. The molecule has 10 heteroatoms. The SMILES string of the molecule is C=CC(=O)N1CCN(c2nc(OC[C@@H]3CCCN3C)nc3c2CN(C)C(c2c(C)ccc4[nH]ncc24)C3)[C@@H](C)C1. The summed E-state index contributed by atoms with van der Waals surface area (Å²) in [6, 6.07) is 5.37. The summed E-state index contributed by atoms with van der Waals surface area (Å²) < 4.78 is 6.32. The lowest BCUT2D eigenvalue weighted by atomic mass is 9.89. The Labute approximate surface area is 236 Å². The van der Waals surface area contributed by atoms with E-state index in [4.69, 9.17) is 14.7 Å². The van der Waals surface area contributed by atoms with Crippen molar-refractivity contribution in [3.8, 4) is 6.01 Å². The Hall–Kier alpha value is -3.50. The van der Waals surface area contributed by atoms with Gasteiger partial charge in [-0.25, -0.2) is 0 Å². The number of benzene rings is 1. The number of aryl methyl sites for hydroxylation is 1. The Morgan fingerprint density at radius 3 is 2.80 bits per heavy atom. The molecule has 3 aliphatic rings. The number of carbonyl (C=O) groups is 1. The normalized spacial score (nSPS) is 23.9. The first-order chi connectivity index (χ1) is 19.3. The molecule has 5 heterocycles. The van der Waals surface area contributed by atoms with E-state index in [9.17, 15) is 4.79 Å². The number of likely N-dealkylation sites (N-methyl/N-ethyl adjacent to an activating group) is 2. The summed E-state index contributed by atoms with van der Waals surface area (Å²) in [5.41, 5.74) is 5.78. The number of amides is 1. The van der Waals surface area contributed by atoms with E-state index in [-0.39, 0.29) is 18.0 Å². The largest absolute Gasteiger partial charge is 0.462 e. The van der Waals surface area contributed by atoms with Crippen molar-refractivity contribution in [3.05, 3.63) is 53.4 Å². The predicted octanol–water partition coefficient (Wildman–Crippen LogP) is 3.09. The molecule has 1 amide bonds. The second-order valence-corrected chi connectivity index (χ2v) is 11.6. The number of likely N-dealkylation sites (tertiary alicyclic amines) is 1. The zero-order valence-corrected chi connectivity index (χ0v) is 24.1. The van der Waals surface area contributed by atoms with Crippen molar-refractivity contribution < 1.29 is 9.53 Å². The Kier molecular flexibility index (Phi) is 7.22. The van der Waals surface area contributed by atoms with Crippen molar-refractivity contribution in [1.82, 2.24) is 34.9 Å². The number of nitrogens with one attached hydrogen (secondary N) is 1. The molecule has 0 bridgehead atoms. The van der Waals surface area contributed by atoms with Gasteiger partial charge in [0.05, 0.1) is 17.4 Å². The van der Waals surface area contributed by atoms with Gasteiger partial charge in [-0.1, -0.05) is 12.6 Å². The molecule has 0 radical (unpaired) electrons. The van der Waals surface area contributed by atoms with E-state index < -0.39 is 0 Å². The number of nitrogens with zero attached hydrogens (tertiary/aromatic N) is 7. The van der Waals surface area contributed by atoms with Gasteiger partial charge < -0.3 is 19.4 Å². The summed E-state index contributed by atoms with van der Waals surface area (Å²) in [6.45, 7) is 12.4. The Bertz CT molecular complexity index is 1420. The molecule has 2 aromatic heterocycles. The Morgan fingerprint density at radius 2 is 2.05 bits per heavy atom. The third kappa shape index (κ3) is 4.83. The van der Waals surface area contributed by atoms with Crippen LogP contribution in [-0.2, 0) is 17.8 Å². The number of aromatic amines is 1. The summed E-state index contributed by atoms with van der Waals surface area (Å²) in [5.74, 6) is 0.911. The van der Waals surface area contributed by atoms with Gasteiger partial charge >= 0.3 is 6.01 Å². The average molecular weight is 545 g/mol. The fourth-order valence-electron chi connectivity index (χ4n) is 6.70. The van der Waals surface area contributed by atoms with Gasteiger partial charge in [0.25, 0.3) is 0 Å². The maximum atomic E-state index is 12.3. The van der Waals surface area contributed by atoms with Crippen LogP contribution in [0.2, 0.25) is 0 Å². The number of hydrogen-bond donors (Lipinski definition) is 1. The van der Waals surface area contributed by atoms with Crippen molar-refractivity contribution in [3.63, 3.8) is 0 Å². The maximum Gasteiger partial charge on any atom is 0.318 e. The van der Waals surface area contributed by atoms with E-state index in [0.717, 1.165) is 53.9 Å². The van der Waals surface area contributed by atoms with Crippen molar-refractivity contribution in [2.24, 2.45) is 0 Å². The van der Waals surface area contributed by atoms with Crippen LogP contribution < -0.4 is 9.64 Å². The molecule has 10 nitrogen and oxygen atoms in total. The summed E-state index contributed by atoms with van der Waals surface area (Å²) in [7, 11) is 4.34. The van der Waals surface area contributed by atoms with Crippen LogP contribution >= 0.6 is 0 Å². The molecule has 2 fully saturated rings. The lowest BCUT2D eigenvalue weighted by Crippen LogP contribution is -2.54. The van der Waals surface area contributed by atoms with Gasteiger partial charge in [0, 0.05) is 61.7 Å². The number of carbonyl (C=O) groups excluding carboxylic acids is 1. The molecular weight excluding hydrogens is 504 g/mol. The molecule has 0 spiro atoms. The zero-order chi connectivity index (χ0) is 28.0. The van der Waals surface area contributed by atoms with Crippen molar-refractivity contribution in [2.75, 3.05) is 51.8 Å². The number of H-pyrrole nitrogens is 1. The minimum Gasteiger partial charge on any atom is -0.462 e. The predicted molar refractivity (Wildman–Crippen MR) is 156 cm³/mol. The smallest absolute Gasteiger partial charge is 0.318 e. The fraction of sp³-hybridized carbons (Fsp3) is 0.533. The Morgan fingerprint density at radius 1 is 1.20 bits per heavy atom. The van der Waals surface area contributed by atoms with E-state index in [1.807, 2.05) is 11.1 Å². The van der Waals surface area contributed by atoms with Crippen molar-refractivity contribution in [1.29, 1.82) is 0 Å². The summed E-state index contributed by atoms with van der Waals surface area (Å²) in [4.78, 5) is 31.4. The zero-order valence-electron chi connectivity index (χ0n) is 24.1. The molecule has 212 valence electrons. The molecule has 0 saturated carbocycles. The number of aromatic nitrogens is 4. The number of hydrogen-bond acceptors (Lipinski definition) is 8. The van der Waals surface area contributed by atoms with Gasteiger partial charge in [-0.15, -0.1) is 0 Å². The molecule has 6 rings (SSSR count). The third-order valence-electron chi connectivity index (χ3n) is 9.06. The van der Waals surface area contributed by atoms with E-state index >= 15 is 0 Å². The van der Waals surface area contributed by atoms with Crippen molar-refractivity contribution >= 4 is 22.6 Å². The van der Waals surface area contributed by atoms with Crippen LogP contribution in [0.5, 0.6) is 6.01 Å². The van der Waals surface area contributed by atoms with Gasteiger partial charge in [0.1, 0.15) is 12.4 Å². The van der Waals surface area contributed by atoms with Crippen LogP contribution in [-0.4, -0.2) is 99.7 Å². The topological polar surface area (TPSA) is 93.7 Å². The molecule has 1 aromatic carbocycles.